The van der Waals surface area contributed by atoms with Gasteiger partial charge in [0, 0.05) is 4.47 Å². The maximum atomic E-state index is 13.9. The van der Waals surface area contributed by atoms with Crippen molar-refractivity contribution in [3.05, 3.63) is 52.8 Å². The van der Waals surface area contributed by atoms with Crippen molar-refractivity contribution in [3.8, 4) is 5.75 Å². The van der Waals surface area contributed by atoms with Crippen molar-refractivity contribution in [2.45, 2.75) is 6.10 Å². The molecule has 0 saturated heterocycles. The van der Waals surface area contributed by atoms with Gasteiger partial charge < -0.3 is 10.1 Å². The smallest absolute Gasteiger partial charge is 0.267 e. The second-order valence-electron chi connectivity index (χ2n) is 5.48. The van der Waals surface area contributed by atoms with E-state index in [1.54, 1.807) is 30.3 Å². The van der Waals surface area contributed by atoms with E-state index in [0.717, 1.165) is 10.6 Å². The van der Waals surface area contributed by atoms with Crippen molar-refractivity contribution in [1.82, 2.24) is 0 Å². The van der Waals surface area contributed by atoms with E-state index in [9.17, 15) is 17.6 Å². The van der Waals surface area contributed by atoms with E-state index in [2.05, 4.69) is 21.2 Å². The summed E-state index contributed by atoms with van der Waals surface area (Å²) in [5, 5.41) is 2.43. The van der Waals surface area contributed by atoms with Crippen molar-refractivity contribution < 1.29 is 22.3 Å². The van der Waals surface area contributed by atoms with Crippen LogP contribution in [0.15, 0.2) is 46.9 Å². The topological polar surface area (TPSA) is 75.7 Å². The fourth-order valence-electron chi connectivity index (χ4n) is 2.46. The average molecular weight is 429 g/mol. The second-order valence-corrected chi connectivity index (χ2v) is 8.30. The molecule has 1 N–H and O–H groups in total. The molecule has 0 aromatic heterocycles. The number of para-hydroxylation sites is 2. The van der Waals surface area contributed by atoms with Crippen LogP contribution in [0.2, 0.25) is 0 Å². The summed E-state index contributed by atoms with van der Waals surface area (Å²) >= 11 is 3.14. The van der Waals surface area contributed by atoms with Crippen LogP contribution in [-0.2, 0) is 14.8 Å². The molecule has 2 aromatic carbocycles. The number of amides is 1. The number of ether oxygens (including phenoxy) is 1. The number of benzene rings is 2. The first kappa shape index (κ1) is 17.7. The van der Waals surface area contributed by atoms with E-state index in [0.29, 0.717) is 10.2 Å². The predicted molar refractivity (Wildman–Crippen MR) is 95.8 cm³/mol. The lowest BCUT2D eigenvalue weighted by Gasteiger charge is -2.33. The van der Waals surface area contributed by atoms with Gasteiger partial charge in [0.2, 0.25) is 10.0 Å². The van der Waals surface area contributed by atoms with Gasteiger partial charge in [-0.2, -0.15) is 0 Å². The van der Waals surface area contributed by atoms with Gasteiger partial charge in [0.15, 0.2) is 6.10 Å². The largest absolute Gasteiger partial charge is 0.476 e. The van der Waals surface area contributed by atoms with Crippen LogP contribution in [0.3, 0.4) is 0 Å². The molecule has 6 nitrogen and oxygen atoms in total. The molecule has 1 amide bonds. The minimum absolute atomic E-state index is 0.0124. The number of carbonyl (C=O) groups excluding carboxylic acids is 1. The predicted octanol–water partition coefficient (Wildman–Crippen LogP) is 2.75. The lowest BCUT2D eigenvalue weighted by molar-refractivity contribution is -0.122. The average Bonchev–Trinajstić information content (AvgIpc) is 2.55. The fourth-order valence-corrected chi connectivity index (χ4v) is 3.70. The zero-order chi connectivity index (χ0) is 18.2. The van der Waals surface area contributed by atoms with E-state index in [1.807, 2.05) is 0 Å². The highest BCUT2D eigenvalue weighted by molar-refractivity contribution is 9.10. The summed E-state index contributed by atoms with van der Waals surface area (Å²) in [6.07, 6.45) is -0.0500. The Morgan fingerprint density at radius 1 is 1.32 bits per heavy atom. The number of nitrogens with one attached hydrogen (secondary N) is 1. The number of halogens is 2. The molecular weight excluding hydrogens is 415 g/mol. The summed E-state index contributed by atoms with van der Waals surface area (Å²) in [5.41, 5.74) is 0.352. The zero-order valence-electron chi connectivity index (χ0n) is 13.1. The van der Waals surface area contributed by atoms with E-state index >= 15 is 0 Å². The SMILES string of the molecule is CS(=O)(=O)N1C[C@H](C(=O)Nc2ccc(Br)cc2F)Oc2ccccc21. The van der Waals surface area contributed by atoms with Gasteiger partial charge in [0.05, 0.1) is 24.2 Å². The quantitative estimate of drug-likeness (QED) is 0.815. The first-order valence-corrected chi connectivity index (χ1v) is 9.89. The minimum atomic E-state index is -3.60. The Hall–Kier alpha value is -2.13. The molecule has 0 aliphatic carbocycles. The number of nitrogens with zero attached hydrogens (tertiary/aromatic N) is 1. The van der Waals surface area contributed by atoms with Crippen LogP contribution in [0.4, 0.5) is 15.8 Å². The number of sulfonamides is 1. The molecule has 1 aliphatic rings. The van der Waals surface area contributed by atoms with Gasteiger partial charge in [-0.15, -0.1) is 0 Å². The summed E-state index contributed by atoms with van der Waals surface area (Å²) in [5.74, 6) is -0.973. The molecule has 9 heteroatoms. The second kappa shape index (κ2) is 6.64. The molecule has 3 rings (SSSR count). The standard InChI is InChI=1S/C16H14BrFN2O4S/c1-25(22,23)20-9-15(24-14-5-3-2-4-13(14)20)16(21)19-12-7-6-10(17)8-11(12)18/h2-8,15H,9H2,1H3,(H,19,21)/t15-/m1/s1. The summed E-state index contributed by atoms with van der Waals surface area (Å²) in [6, 6.07) is 10.7. The van der Waals surface area contributed by atoms with Crippen molar-refractivity contribution >= 4 is 43.2 Å². The van der Waals surface area contributed by atoms with Crippen LogP contribution >= 0.6 is 15.9 Å². The minimum Gasteiger partial charge on any atom is -0.476 e. The summed E-state index contributed by atoms with van der Waals surface area (Å²) < 4.78 is 45.2. The Labute approximate surface area is 152 Å². The van der Waals surface area contributed by atoms with Crippen molar-refractivity contribution in [2.24, 2.45) is 0 Å². The van der Waals surface area contributed by atoms with Gasteiger partial charge in [0.1, 0.15) is 11.6 Å². The molecule has 0 unspecified atom stereocenters. The molecule has 25 heavy (non-hydrogen) atoms. The highest BCUT2D eigenvalue weighted by atomic mass is 79.9. The molecule has 0 fully saturated rings. The molecule has 1 heterocycles. The lowest BCUT2D eigenvalue weighted by Crippen LogP contribution is -2.48. The molecule has 0 saturated carbocycles. The Balaban J connectivity index is 1.87. The van der Waals surface area contributed by atoms with Crippen LogP contribution in [0, 0.1) is 5.82 Å². The Kier molecular flexibility index (Phi) is 4.70. The summed E-state index contributed by atoms with van der Waals surface area (Å²) in [6.45, 7) is -0.195. The molecule has 1 aliphatic heterocycles. The number of carbonyl (C=O) groups is 1. The fraction of sp³-hybridized carbons (Fsp3) is 0.188. The highest BCUT2D eigenvalue weighted by Crippen LogP contribution is 2.34. The highest BCUT2D eigenvalue weighted by Gasteiger charge is 2.35. The third kappa shape index (κ3) is 3.77. The van der Waals surface area contributed by atoms with Crippen molar-refractivity contribution in [3.63, 3.8) is 0 Å². The molecule has 2 aromatic rings. The molecular formula is C16H14BrFN2O4S. The van der Waals surface area contributed by atoms with E-state index in [1.165, 1.54) is 12.1 Å². The van der Waals surface area contributed by atoms with Crippen LogP contribution in [-0.4, -0.2) is 33.2 Å². The van der Waals surface area contributed by atoms with E-state index in [4.69, 9.17) is 4.74 Å². The first-order chi connectivity index (χ1) is 11.8. The Bertz CT molecular complexity index is 935. The van der Waals surface area contributed by atoms with Gasteiger partial charge in [-0.05, 0) is 30.3 Å². The van der Waals surface area contributed by atoms with Crippen LogP contribution in [0.1, 0.15) is 0 Å². The number of rotatable bonds is 3. The molecule has 1 atom stereocenters. The molecule has 0 bridgehead atoms. The third-order valence-corrected chi connectivity index (χ3v) is 5.26. The van der Waals surface area contributed by atoms with Gasteiger partial charge in [-0.3, -0.25) is 9.10 Å². The van der Waals surface area contributed by atoms with E-state index in [-0.39, 0.29) is 18.0 Å². The summed E-state index contributed by atoms with van der Waals surface area (Å²) in [7, 11) is -3.60. The van der Waals surface area contributed by atoms with Crippen molar-refractivity contribution in [1.29, 1.82) is 0 Å². The number of hydrogen-bond donors (Lipinski definition) is 1. The molecule has 0 radical (unpaired) electrons. The number of anilines is 2. The molecule has 0 spiro atoms. The van der Waals surface area contributed by atoms with Crippen LogP contribution in [0.25, 0.3) is 0 Å². The maximum absolute atomic E-state index is 13.9. The normalized spacial score (nSPS) is 16.8. The summed E-state index contributed by atoms with van der Waals surface area (Å²) in [4.78, 5) is 12.5. The van der Waals surface area contributed by atoms with Gasteiger partial charge in [0.25, 0.3) is 5.91 Å². The molecule has 132 valence electrons. The third-order valence-electron chi connectivity index (χ3n) is 3.62. The Morgan fingerprint density at radius 3 is 2.72 bits per heavy atom. The Morgan fingerprint density at radius 2 is 2.04 bits per heavy atom. The number of fused-ring (bicyclic) bond motifs is 1. The maximum Gasteiger partial charge on any atom is 0.267 e. The van der Waals surface area contributed by atoms with E-state index < -0.39 is 27.9 Å². The van der Waals surface area contributed by atoms with Crippen LogP contribution in [0.5, 0.6) is 5.75 Å². The van der Waals surface area contributed by atoms with Gasteiger partial charge in [-0.25, -0.2) is 12.8 Å². The number of hydrogen-bond acceptors (Lipinski definition) is 4. The monoisotopic (exact) mass is 428 g/mol. The van der Waals surface area contributed by atoms with Gasteiger partial charge in [-0.1, -0.05) is 28.1 Å². The zero-order valence-corrected chi connectivity index (χ0v) is 15.5. The van der Waals surface area contributed by atoms with Crippen molar-refractivity contribution in [2.75, 3.05) is 22.4 Å². The van der Waals surface area contributed by atoms with Crippen LogP contribution < -0.4 is 14.4 Å². The lowest BCUT2D eigenvalue weighted by atomic mass is 10.2. The van der Waals surface area contributed by atoms with Gasteiger partial charge >= 0.3 is 0 Å². The first-order valence-electron chi connectivity index (χ1n) is 7.25.